The van der Waals surface area contributed by atoms with Gasteiger partial charge in [0.1, 0.15) is 0 Å². The van der Waals surface area contributed by atoms with Crippen molar-refractivity contribution in [2.75, 3.05) is 11.5 Å². The van der Waals surface area contributed by atoms with Crippen LogP contribution in [0.2, 0.25) is 0 Å². The van der Waals surface area contributed by atoms with Gasteiger partial charge in [0.25, 0.3) is 0 Å². The lowest BCUT2D eigenvalue weighted by atomic mass is 9.95. The molecule has 2 aliphatic rings. The van der Waals surface area contributed by atoms with E-state index in [0.717, 1.165) is 12.2 Å². The SMILES string of the molecule is O=C(NC1CCCCC1)C1CCSC1. The van der Waals surface area contributed by atoms with Crippen molar-refractivity contribution >= 4 is 17.7 Å². The highest BCUT2D eigenvalue weighted by atomic mass is 32.2. The molecule has 1 saturated carbocycles. The Labute approximate surface area is 90.2 Å². The highest BCUT2D eigenvalue weighted by molar-refractivity contribution is 7.99. The summed E-state index contributed by atoms with van der Waals surface area (Å²) in [5.41, 5.74) is 0. The Hall–Kier alpha value is -0.180. The van der Waals surface area contributed by atoms with Gasteiger partial charge in [-0.05, 0) is 25.0 Å². The number of hydrogen-bond donors (Lipinski definition) is 1. The van der Waals surface area contributed by atoms with E-state index in [2.05, 4.69) is 5.32 Å². The molecule has 0 aromatic carbocycles. The molecule has 80 valence electrons. The molecule has 2 nitrogen and oxygen atoms in total. The molecule has 1 N–H and O–H groups in total. The number of nitrogens with one attached hydrogen (secondary N) is 1. The molecular weight excluding hydrogens is 194 g/mol. The van der Waals surface area contributed by atoms with E-state index in [0.29, 0.717) is 17.9 Å². The molecule has 1 saturated heterocycles. The van der Waals surface area contributed by atoms with Gasteiger partial charge in [-0.1, -0.05) is 19.3 Å². The molecule has 0 spiro atoms. The van der Waals surface area contributed by atoms with Gasteiger partial charge >= 0.3 is 0 Å². The van der Waals surface area contributed by atoms with Gasteiger partial charge in [-0.3, -0.25) is 4.79 Å². The second kappa shape index (κ2) is 5.06. The van der Waals surface area contributed by atoms with Crippen molar-refractivity contribution in [3.8, 4) is 0 Å². The molecular formula is C11H19NOS. The van der Waals surface area contributed by atoms with Crippen molar-refractivity contribution in [1.29, 1.82) is 0 Å². The molecule has 3 heteroatoms. The highest BCUT2D eigenvalue weighted by Crippen LogP contribution is 2.24. The first-order chi connectivity index (χ1) is 6.86. The van der Waals surface area contributed by atoms with Gasteiger partial charge in [-0.25, -0.2) is 0 Å². The standard InChI is InChI=1S/C11H19NOS/c13-11(9-6-7-14-8-9)12-10-4-2-1-3-5-10/h9-10H,1-8H2,(H,12,13). The van der Waals surface area contributed by atoms with Gasteiger partial charge in [-0.2, -0.15) is 11.8 Å². The van der Waals surface area contributed by atoms with Crippen LogP contribution in [0.3, 0.4) is 0 Å². The van der Waals surface area contributed by atoms with Crippen molar-refractivity contribution in [1.82, 2.24) is 5.32 Å². The van der Waals surface area contributed by atoms with Crippen LogP contribution >= 0.6 is 11.8 Å². The summed E-state index contributed by atoms with van der Waals surface area (Å²) in [4.78, 5) is 11.8. The number of thioether (sulfide) groups is 1. The maximum absolute atomic E-state index is 11.8. The fraction of sp³-hybridized carbons (Fsp3) is 0.909. The quantitative estimate of drug-likeness (QED) is 0.762. The monoisotopic (exact) mass is 213 g/mol. The first-order valence-electron chi connectivity index (χ1n) is 5.74. The number of amides is 1. The third-order valence-electron chi connectivity index (χ3n) is 3.25. The summed E-state index contributed by atoms with van der Waals surface area (Å²) >= 11 is 1.91. The van der Waals surface area contributed by atoms with Gasteiger partial charge < -0.3 is 5.32 Å². The molecule has 1 aliphatic heterocycles. The van der Waals surface area contributed by atoms with E-state index in [1.54, 1.807) is 0 Å². The molecule has 1 unspecified atom stereocenters. The molecule has 2 rings (SSSR count). The summed E-state index contributed by atoms with van der Waals surface area (Å²) in [6, 6.07) is 0.488. The minimum atomic E-state index is 0.307. The van der Waals surface area contributed by atoms with Crippen LogP contribution in [-0.2, 0) is 4.79 Å². The lowest BCUT2D eigenvalue weighted by molar-refractivity contribution is -0.125. The minimum absolute atomic E-state index is 0.307. The predicted octanol–water partition coefficient (Wildman–Crippen LogP) is 2.19. The van der Waals surface area contributed by atoms with Crippen LogP contribution in [0.15, 0.2) is 0 Å². The highest BCUT2D eigenvalue weighted by Gasteiger charge is 2.25. The first kappa shape index (κ1) is 10.3. The summed E-state index contributed by atoms with van der Waals surface area (Å²) in [7, 11) is 0. The zero-order valence-electron chi connectivity index (χ0n) is 8.63. The molecule has 0 aromatic rings. The molecule has 0 radical (unpaired) electrons. The van der Waals surface area contributed by atoms with Crippen molar-refractivity contribution in [3.63, 3.8) is 0 Å². The third-order valence-corrected chi connectivity index (χ3v) is 4.41. The van der Waals surface area contributed by atoms with Crippen LogP contribution in [0, 0.1) is 5.92 Å². The van der Waals surface area contributed by atoms with E-state index < -0.39 is 0 Å². The van der Waals surface area contributed by atoms with E-state index in [4.69, 9.17) is 0 Å². The van der Waals surface area contributed by atoms with E-state index in [1.165, 1.54) is 37.9 Å². The lowest BCUT2D eigenvalue weighted by Gasteiger charge is -2.24. The molecule has 14 heavy (non-hydrogen) atoms. The Morgan fingerprint density at radius 3 is 2.57 bits per heavy atom. The van der Waals surface area contributed by atoms with E-state index in [-0.39, 0.29) is 0 Å². The molecule has 0 bridgehead atoms. The van der Waals surface area contributed by atoms with Gasteiger partial charge in [0.05, 0.1) is 0 Å². The van der Waals surface area contributed by atoms with Gasteiger partial charge in [0.2, 0.25) is 5.91 Å². The summed E-state index contributed by atoms with van der Waals surface area (Å²) in [6.45, 7) is 0. The Kier molecular flexibility index (Phi) is 3.74. The third kappa shape index (κ3) is 2.66. The van der Waals surface area contributed by atoms with Crippen LogP contribution in [0.4, 0.5) is 0 Å². The van der Waals surface area contributed by atoms with Crippen molar-refractivity contribution in [2.24, 2.45) is 5.92 Å². The van der Waals surface area contributed by atoms with Gasteiger partial charge in [0.15, 0.2) is 0 Å². The fourth-order valence-corrected chi connectivity index (χ4v) is 3.53. The average Bonchev–Trinajstić information content (AvgIpc) is 2.72. The van der Waals surface area contributed by atoms with E-state index in [9.17, 15) is 4.79 Å². The summed E-state index contributed by atoms with van der Waals surface area (Å²) in [5.74, 6) is 2.84. The van der Waals surface area contributed by atoms with E-state index >= 15 is 0 Å². The zero-order valence-corrected chi connectivity index (χ0v) is 9.44. The van der Waals surface area contributed by atoms with Crippen LogP contribution in [0.25, 0.3) is 0 Å². The Bertz CT molecular complexity index is 195. The Balaban J connectivity index is 1.75. The van der Waals surface area contributed by atoms with Crippen LogP contribution in [0.1, 0.15) is 38.5 Å². The van der Waals surface area contributed by atoms with Crippen LogP contribution in [0.5, 0.6) is 0 Å². The van der Waals surface area contributed by atoms with Gasteiger partial charge in [-0.15, -0.1) is 0 Å². The molecule has 1 aliphatic carbocycles. The molecule has 1 heterocycles. The number of hydrogen-bond acceptors (Lipinski definition) is 2. The lowest BCUT2D eigenvalue weighted by Crippen LogP contribution is -2.39. The second-order valence-electron chi connectivity index (χ2n) is 4.40. The predicted molar refractivity (Wildman–Crippen MR) is 60.4 cm³/mol. The smallest absolute Gasteiger partial charge is 0.224 e. The maximum atomic E-state index is 11.8. The van der Waals surface area contributed by atoms with E-state index in [1.807, 2.05) is 11.8 Å². The van der Waals surface area contributed by atoms with Crippen molar-refractivity contribution < 1.29 is 4.79 Å². The summed E-state index contributed by atoms with van der Waals surface area (Å²) < 4.78 is 0. The number of carbonyl (C=O) groups excluding carboxylic acids is 1. The van der Waals surface area contributed by atoms with Crippen molar-refractivity contribution in [3.05, 3.63) is 0 Å². The second-order valence-corrected chi connectivity index (χ2v) is 5.55. The Morgan fingerprint density at radius 2 is 1.93 bits per heavy atom. The maximum Gasteiger partial charge on any atom is 0.224 e. The first-order valence-corrected chi connectivity index (χ1v) is 6.90. The van der Waals surface area contributed by atoms with Crippen LogP contribution in [-0.4, -0.2) is 23.5 Å². The Morgan fingerprint density at radius 1 is 1.14 bits per heavy atom. The summed E-state index contributed by atoms with van der Waals surface area (Å²) in [5, 5.41) is 3.21. The fourth-order valence-electron chi connectivity index (χ4n) is 2.31. The molecule has 0 aromatic heterocycles. The normalized spacial score (nSPS) is 29.0. The minimum Gasteiger partial charge on any atom is -0.353 e. The molecule has 1 amide bonds. The average molecular weight is 213 g/mol. The molecule has 1 atom stereocenters. The van der Waals surface area contributed by atoms with Crippen molar-refractivity contribution in [2.45, 2.75) is 44.6 Å². The zero-order chi connectivity index (χ0) is 9.80. The molecule has 2 fully saturated rings. The number of carbonyl (C=O) groups is 1. The topological polar surface area (TPSA) is 29.1 Å². The largest absolute Gasteiger partial charge is 0.353 e. The van der Waals surface area contributed by atoms with Gasteiger partial charge in [0, 0.05) is 17.7 Å². The van der Waals surface area contributed by atoms with Crippen LogP contribution < -0.4 is 5.32 Å². The number of rotatable bonds is 2. The summed E-state index contributed by atoms with van der Waals surface area (Å²) in [6.07, 6.45) is 7.43.